The van der Waals surface area contributed by atoms with Gasteiger partial charge in [-0.25, -0.2) is 4.79 Å². The van der Waals surface area contributed by atoms with Crippen LogP contribution < -0.4 is 5.32 Å². The van der Waals surface area contributed by atoms with Gasteiger partial charge in [0.15, 0.2) is 0 Å². The highest BCUT2D eigenvalue weighted by molar-refractivity contribution is 5.68. The van der Waals surface area contributed by atoms with E-state index in [2.05, 4.69) is 5.32 Å². The number of ether oxygens (including phenoxy) is 1. The van der Waals surface area contributed by atoms with Crippen LogP contribution in [0.5, 0.6) is 0 Å². The molecule has 0 rings (SSSR count). The van der Waals surface area contributed by atoms with Gasteiger partial charge >= 0.3 is 6.09 Å². The first kappa shape index (κ1) is 12.3. The minimum Gasteiger partial charge on any atom is -0.444 e. The van der Waals surface area contributed by atoms with Crippen molar-refractivity contribution < 1.29 is 9.53 Å². The Kier molecular flexibility index (Phi) is 4.81. The van der Waals surface area contributed by atoms with Crippen molar-refractivity contribution in [3.05, 3.63) is 0 Å². The lowest BCUT2D eigenvalue weighted by Crippen LogP contribution is -2.38. The number of carbonyl (C=O) groups is 1. The minimum absolute atomic E-state index is 0.231. The van der Waals surface area contributed by atoms with Crippen LogP contribution in [-0.2, 0) is 4.74 Å². The molecule has 0 aromatic carbocycles. The molecule has 78 valence electrons. The predicted molar refractivity (Wildman–Crippen MR) is 53.7 cm³/mol. The van der Waals surface area contributed by atoms with E-state index in [4.69, 9.17) is 4.74 Å². The molecule has 0 aliphatic carbocycles. The smallest absolute Gasteiger partial charge is 0.407 e. The van der Waals surface area contributed by atoms with Crippen LogP contribution >= 0.6 is 0 Å². The molecule has 1 N–H and O–H groups in total. The molecule has 0 radical (unpaired) electrons. The van der Waals surface area contributed by atoms with E-state index in [1.807, 2.05) is 34.6 Å². The molecular formula is C10H21NO2. The normalized spacial score (nSPS) is 11.5. The summed E-state index contributed by atoms with van der Waals surface area (Å²) in [7, 11) is 0. The summed E-state index contributed by atoms with van der Waals surface area (Å²) in [6.45, 7) is 9.68. The zero-order valence-electron chi connectivity index (χ0n) is 9.31. The highest BCUT2D eigenvalue weighted by Gasteiger charge is 2.17. The molecule has 0 aromatic rings. The number of nitrogens with one attached hydrogen (secondary N) is 1. The monoisotopic (exact) mass is 187 g/mol. The standard InChI is InChI=1S/C10H21NO2/c1-6-8(7-2)11-9(12)13-10(3,4)5/h8H,6-7H2,1-5H3,(H,11,12). The molecule has 1 amide bonds. The predicted octanol–water partition coefficient (Wildman–Crippen LogP) is 2.70. The molecule has 0 fully saturated rings. The van der Waals surface area contributed by atoms with Crippen LogP contribution in [0.1, 0.15) is 47.5 Å². The third-order valence-electron chi connectivity index (χ3n) is 1.71. The molecule has 0 spiro atoms. The van der Waals surface area contributed by atoms with Gasteiger partial charge in [-0.15, -0.1) is 0 Å². The van der Waals surface area contributed by atoms with Crippen LogP contribution in [-0.4, -0.2) is 17.7 Å². The van der Waals surface area contributed by atoms with Crippen molar-refractivity contribution >= 4 is 6.09 Å². The number of carbonyl (C=O) groups excluding carboxylic acids is 1. The van der Waals surface area contributed by atoms with E-state index >= 15 is 0 Å². The summed E-state index contributed by atoms with van der Waals surface area (Å²) >= 11 is 0. The topological polar surface area (TPSA) is 38.3 Å². The third kappa shape index (κ3) is 6.43. The van der Waals surface area contributed by atoms with E-state index in [1.165, 1.54) is 0 Å². The van der Waals surface area contributed by atoms with Gasteiger partial charge in [0.25, 0.3) is 0 Å². The van der Waals surface area contributed by atoms with Crippen molar-refractivity contribution in [1.29, 1.82) is 0 Å². The zero-order chi connectivity index (χ0) is 10.5. The Balaban J connectivity index is 3.86. The quantitative estimate of drug-likeness (QED) is 0.737. The highest BCUT2D eigenvalue weighted by atomic mass is 16.6. The molecule has 0 bridgehead atoms. The average molecular weight is 187 g/mol. The van der Waals surface area contributed by atoms with E-state index in [1.54, 1.807) is 0 Å². The van der Waals surface area contributed by atoms with Gasteiger partial charge in [-0.3, -0.25) is 0 Å². The summed E-state index contributed by atoms with van der Waals surface area (Å²) in [5.41, 5.74) is -0.407. The Labute approximate surface area is 80.8 Å². The Morgan fingerprint density at radius 3 is 2.08 bits per heavy atom. The Bertz CT molecular complexity index is 157. The van der Waals surface area contributed by atoms with Gasteiger partial charge in [0, 0.05) is 6.04 Å². The van der Waals surface area contributed by atoms with Crippen LogP contribution in [0.4, 0.5) is 4.79 Å². The van der Waals surface area contributed by atoms with E-state index in [0.717, 1.165) is 12.8 Å². The van der Waals surface area contributed by atoms with Gasteiger partial charge in [0.05, 0.1) is 0 Å². The Morgan fingerprint density at radius 1 is 1.31 bits per heavy atom. The largest absolute Gasteiger partial charge is 0.444 e. The van der Waals surface area contributed by atoms with E-state index < -0.39 is 5.60 Å². The van der Waals surface area contributed by atoms with Crippen molar-refractivity contribution in [1.82, 2.24) is 5.32 Å². The van der Waals surface area contributed by atoms with Gasteiger partial charge in [-0.05, 0) is 33.6 Å². The Hall–Kier alpha value is -0.730. The lowest BCUT2D eigenvalue weighted by Gasteiger charge is -2.22. The minimum atomic E-state index is -0.407. The van der Waals surface area contributed by atoms with Crippen LogP contribution in [0.25, 0.3) is 0 Å². The number of amides is 1. The van der Waals surface area contributed by atoms with E-state index in [0.29, 0.717) is 0 Å². The van der Waals surface area contributed by atoms with E-state index in [-0.39, 0.29) is 12.1 Å². The van der Waals surface area contributed by atoms with Crippen molar-refractivity contribution in [2.75, 3.05) is 0 Å². The summed E-state index contributed by atoms with van der Waals surface area (Å²) in [5.74, 6) is 0. The Morgan fingerprint density at radius 2 is 1.77 bits per heavy atom. The molecule has 0 saturated carbocycles. The van der Waals surface area contributed by atoms with Gasteiger partial charge in [0.2, 0.25) is 0 Å². The molecule has 0 saturated heterocycles. The SMILES string of the molecule is CCC(CC)NC(=O)OC(C)(C)C. The average Bonchev–Trinajstić information content (AvgIpc) is 1.96. The number of hydrogen-bond donors (Lipinski definition) is 1. The third-order valence-corrected chi connectivity index (χ3v) is 1.71. The van der Waals surface area contributed by atoms with Gasteiger partial charge in [-0.1, -0.05) is 13.8 Å². The van der Waals surface area contributed by atoms with Gasteiger partial charge < -0.3 is 10.1 Å². The number of rotatable bonds is 3. The molecule has 3 heteroatoms. The second-order valence-electron chi connectivity index (χ2n) is 4.16. The van der Waals surface area contributed by atoms with Gasteiger partial charge in [0.1, 0.15) is 5.60 Å². The molecule has 0 aliphatic rings. The summed E-state index contributed by atoms with van der Waals surface area (Å²) in [6.07, 6.45) is 1.56. The number of alkyl carbamates (subject to hydrolysis) is 1. The lowest BCUT2D eigenvalue weighted by atomic mass is 10.2. The van der Waals surface area contributed by atoms with Crippen LogP contribution in [0.2, 0.25) is 0 Å². The van der Waals surface area contributed by atoms with Crippen LogP contribution in [0.15, 0.2) is 0 Å². The fraction of sp³-hybridized carbons (Fsp3) is 0.900. The maximum Gasteiger partial charge on any atom is 0.407 e. The van der Waals surface area contributed by atoms with Crippen molar-refractivity contribution in [2.24, 2.45) is 0 Å². The second kappa shape index (κ2) is 5.10. The molecular weight excluding hydrogens is 166 g/mol. The molecule has 0 aromatic heterocycles. The van der Waals surface area contributed by atoms with Crippen molar-refractivity contribution in [3.8, 4) is 0 Å². The number of hydrogen-bond acceptors (Lipinski definition) is 2. The van der Waals surface area contributed by atoms with Crippen LogP contribution in [0.3, 0.4) is 0 Å². The first-order chi connectivity index (χ1) is 5.89. The van der Waals surface area contributed by atoms with Crippen molar-refractivity contribution in [2.45, 2.75) is 59.1 Å². The lowest BCUT2D eigenvalue weighted by molar-refractivity contribution is 0.0501. The highest BCUT2D eigenvalue weighted by Crippen LogP contribution is 2.07. The maximum atomic E-state index is 11.3. The fourth-order valence-electron chi connectivity index (χ4n) is 0.967. The second-order valence-corrected chi connectivity index (χ2v) is 4.16. The fourth-order valence-corrected chi connectivity index (χ4v) is 0.967. The summed E-state index contributed by atoms with van der Waals surface area (Å²) < 4.78 is 5.12. The first-order valence-electron chi connectivity index (χ1n) is 4.88. The first-order valence-corrected chi connectivity index (χ1v) is 4.88. The molecule has 0 atom stereocenters. The van der Waals surface area contributed by atoms with Crippen molar-refractivity contribution in [3.63, 3.8) is 0 Å². The van der Waals surface area contributed by atoms with Crippen LogP contribution in [0, 0.1) is 0 Å². The molecule has 13 heavy (non-hydrogen) atoms. The summed E-state index contributed by atoms with van der Waals surface area (Å²) in [5, 5.41) is 2.81. The molecule has 0 unspecified atom stereocenters. The summed E-state index contributed by atoms with van der Waals surface area (Å²) in [6, 6.07) is 0.231. The zero-order valence-corrected chi connectivity index (χ0v) is 9.31. The van der Waals surface area contributed by atoms with E-state index in [9.17, 15) is 4.79 Å². The summed E-state index contributed by atoms with van der Waals surface area (Å²) in [4.78, 5) is 11.3. The molecule has 3 nitrogen and oxygen atoms in total. The maximum absolute atomic E-state index is 11.3. The molecule has 0 aliphatic heterocycles. The van der Waals surface area contributed by atoms with Gasteiger partial charge in [-0.2, -0.15) is 0 Å². The molecule has 0 heterocycles.